The van der Waals surface area contributed by atoms with Gasteiger partial charge in [0, 0.05) is 80.6 Å². The fourth-order valence-electron chi connectivity index (χ4n) is 0. The van der Waals surface area contributed by atoms with E-state index in [-0.39, 0.29) is 80.6 Å². The Bertz CT molecular complexity index is 8.00. The molecule has 0 atom stereocenters. The van der Waals surface area contributed by atoms with Crippen molar-refractivity contribution >= 4 is 24.4 Å². The van der Waals surface area contributed by atoms with Crippen molar-refractivity contribution < 1.29 is 56.1 Å². The molecule has 0 N–H and O–H groups in total. The van der Waals surface area contributed by atoms with Crippen molar-refractivity contribution in [1.29, 1.82) is 0 Å². The summed E-state index contributed by atoms with van der Waals surface area (Å²) < 4.78 is 0. The summed E-state index contributed by atoms with van der Waals surface area (Å²) in [5.41, 5.74) is 0. The summed E-state index contributed by atoms with van der Waals surface area (Å²) in [5, 5.41) is 0. The first-order valence-corrected chi connectivity index (χ1v) is 0. The first-order valence-electron chi connectivity index (χ1n) is 0. The topological polar surface area (TPSA) is 0 Å². The summed E-state index contributed by atoms with van der Waals surface area (Å²) in [6, 6.07) is 0. The molecule has 0 aliphatic rings. The molecule has 0 aromatic carbocycles. The molecule has 0 saturated heterocycles. The first kappa shape index (κ1) is 30.7. The van der Waals surface area contributed by atoms with Crippen LogP contribution in [0.1, 0.15) is 0 Å². The van der Waals surface area contributed by atoms with Gasteiger partial charge in [-0.3, -0.25) is 0 Å². The van der Waals surface area contributed by atoms with Crippen LogP contribution in [-0.4, -0.2) is 24.4 Å². The molecule has 4 heavy (non-hydrogen) atoms. The Morgan fingerprint density at radius 1 is 1.00 bits per heavy atom. The predicted molar refractivity (Wildman–Crippen MR) is 5.75 cm³/mol. The van der Waals surface area contributed by atoms with Crippen molar-refractivity contribution in [3.05, 3.63) is 0 Å². The number of hydrogen-bond donors (Lipinski definition) is 0. The molecule has 0 aromatic heterocycles. The summed E-state index contributed by atoms with van der Waals surface area (Å²) >= 11 is 0. The average Bonchev–Trinajstić information content (AvgIpc) is 0. The Kier molecular flexibility index (Phi) is 135. The Labute approximate surface area is 79.4 Å². The maximum absolute atomic E-state index is 0. The summed E-state index contributed by atoms with van der Waals surface area (Å²) in [4.78, 5) is 0. The van der Waals surface area contributed by atoms with Gasteiger partial charge in [-0.25, -0.2) is 0 Å². The molecule has 0 spiro atoms. The second-order valence-electron chi connectivity index (χ2n) is 0. The van der Waals surface area contributed by atoms with Crippen LogP contribution in [-0.2, 0) is 56.1 Å². The Morgan fingerprint density at radius 3 is 1.00 bits per heavy atom. The molecule has 4 heteroatoms. The van der Waals surface area contributed by atoms with Gasteiger partial charge in [0.05, 0.1) is 0 Å². The summed E-state index contributed by atoms with van der Waals surface area (Å²) in [6.45, 7) is 0. The van der Waals surface area contributed by atoms with Crippen molar-refractivity contribution in [3.63, 3.8) is 0 Å². The van der Waals surface area contributed by atoms with Crippen LogP contribution in [0.4, 0.5) is 0 Å². The van der Waals surface area contributed by atoms with Crippen LogP contribution in [0.5, 0.6) is 0 Å². The zero-order chi connectivity index (χ0) is 0. The van der Waals surface area contributed by atoms with Crippen LogP contribution in [0.15, 0.2) is 0 Å². The first-order chi connectivity index (χ1) is 0. The van der Waals surface area contributed by atoms with Crippen LogP contribution in [0.3, 0.4) is 0 Å². The maximum atomic E-state index is 0. The van der Waals surface area contributed by atoms with Crippen molar-refractivity contribution in [2.45, 2.75) is 0 Å². The van der Waals surface area contributed by atoms with E-state index in [0.29, 0.717) is 0 Å². The third kappa shape index (κ3) is 8.82. The standard InChI is InChI=1S/Cr.Mn.Sb.Ti. The molecule has 0 aliphatic carbocycles. The summed E-state index contributed by atoms with van der Waals surface area (Å²) in [5.74, 6) is 0. The molecule has 0 unspecified atom stereocenters. The van der Waals surface area contributed by atoms with Gasteiger partial charge >= 0.3 is 0 Å². The van der Waals surface area contributed by atoms with Crippen LogP contribution < -0.4 is 0 Å². The van der Waals surface area contributed by atoms with Crippen LogP contribution >= 0.6 is 0 Å². The van der Waals surface area contributed by atoms with E-state index < -0.39 is 0 Å². The van der Waals surface area contributed by atoms with Crippen LogP contribution in [0, 0.1) is 0 Å². The Hall–Kier alpha value is 2.58. The van der Waals surface area contributed by atoms with Gasteiger partial charge in [-0.15, -0.1) is 0 Å². The average molecular weight is 277 g/mol. The van der Waals surface area contributed by atoms with Crippen molar-refractivity contribution in [3.8, 4) is 0 Å². The van der Waals surface area contributed by atoms with Gasteiger partial charge in [0.2, 0.25) is 0 Å². The van der Waals surface area contributed by atoms with Gasteiger partial charge in [-0.05, 0) is 0 Å². The predicted octanol–water partition coefficient (Wildman–Crippen LogP) is -0.388. The fraction of sp³-hybridized carbons (Fsp3) is 0. The molecule has 0 rings (SSSR count). The summed E-state index contributed by atoms with van der Waals surface area (Å²) in [7, 11) is 0. The molecule has 0 saturated carbocycles. The zero-order valence-corrected chi connectivity index (χ0v) is 8.30. The normalized spacial score (nSPS) is 0. The van der Waals surface area contributed by atoms with Crippen LogP contribution in [0.2, 0.25) is 0 Å². The minimum absolute atomic E-state index is 0. The smallest absolute Gasteiger partial charge is 0 e. The fourth-order valence-corrected chi connectivity index (χ4v) is 0. The van der Waals surface area contributed by atoms with E-state index >= 15 is 0 Å². The molecule has 0 heterocycles. The van der Waals surface area contributed by atoms with E-state index in [1.807, 2.05) is 0 Å². The second kappa shape index (κ2) is 17.6. The molecule has 0 nitrogen and oxygen atoms in total. The van der Waals surface area contributed by atoms with E-state index in [4.69, 9.17) is 0 Å². The third-order valence-corrected chi connectivity index (χ3v) is 0. The second-order valence-corrected chi connectivity index (χ2v) is 0. The molecule has 0 fully saturated rings. The molecule has 0 bridgehead atoms. The molecule has 0 aromatic rings. The number of hydrogen-bond acceptors (Lipinski definition) is 0. The van der Waals surface area contributed by atoms with Crippen molar-refractivity contribution in [2.24, 2.45) is 0 Å². The summed E-state index contributed by atoms with van der Waals surface area (Å²) in [6.07, 6.45) is 0. The van der Waals surface area contributed by atoms with Gasteiger partial charge in [-0.1, -0.05) is 0 Å². The quantitative estimate of drug-likeness (QED) is 0.529. The van der Waals surface area contributed by atoms with E-state index in [2.05, 4.69) is 0 Å². The van der Waals surface area contributed by atoms with E-state index in [9.17, 15) is 0 Å². The maximum Gasteiger partial charge on any atom is 0 e. The van der Waals surface area contributed by atoms with E-state index in [1.54, 1.807) is 0 Å². The third-order valence-electron chi connectivity index (χ3n) is 0. The zero-order valence-electron chi connectivity index (χ0n) is 1.73. The molecule has 4 radical (unpaired) electrons. The Balaban J connectivity index is 0. The van der Waals surface area contributed by atoms with Gasteiger partial charge < -0.3 is 0 Å². The van der Waals surface area contributed by atoms with Crippen molar-refractivity contribution in [2.75, 3.05) is 0 Å². The molecule has 0 amide bonds. The Morgan fingerprint density at radius 2 is 1.00 bits per heavy atom. The molecular weight excluding hydrogens is 277 g/mol. The minimum Gasteiger partial charge on any atom is 0 e. The largest absolute Gasteiger partial charge is 0 e. The van der Waals surface area contributed by atoms with Crippen LogP contribution in [0.25, 0.3) is 0 Å². The van der Waals surface area contributed by atoms with Gasteiger partial charge in [0.1, 0.15) is 0 Å². The SMILES string of the molecule is [Cr].[Mn].[Sb].[Ti]. The van der Waals surface area contributed by atoms with Gasteiger partial charge in [-0.2, -0.15) is 0 Å². The van der Waals surface area contributed by atoms with Gasteiger partial charge in [0.25, 0.3) is 0 Å². The monoisotopic (exact) mass is 276 g/mol. The van der Waals surface area contributed by atoms with E-state index in [1.165, 1.54) is 0 Å². The molecule has 22 valence electrons. The molecular formula is CrMnSbTi. The molecule has 0 aliphatic heterocycles. The minimum atomic E-state index is 0. The number of rotatable bonds is 0. The van der Waals surface area contributed by atoms with E-state index in [0.717, 1.165) is 0 Å². The van der Waals surface area contributed by atoms with Gasteiger partial charge in [0.15, 0.2) is 0 Å². The van der Waals surface area contributed by atoms with Crippen molar-refractivity contribution in [1.82, 2.24) is 0 Å².